The maximum atomic E-state index is 4.67. The summed E-state index contributed by atoms with van der Waals surface area (Å²) in [6.07, 6.45) is 13.1. The van der Waals surface area contributed by atoms with Crippen molar-refractivity contribution in [2.45, 2.75) is 13.0 Å². The number of fused-ring (bicyclic) bond motifs is 1. The van der Waals surface area contributed by atoms with E-state index in [1.54, 1.807) is 0 Å². The standard InChI is InChI=1S/C22H22N6/c1-27-14-18(21(26-27)17-4-9-23-10-5-17)15-28-11-6-16(7-12-28)20-13-25-22-19(20)3-2-8-24-22/h2-6,8-10,13-14H,7,11-12,15H2,1H3,(H,24,25). The SMILES string of the molecule is Cn1cc(CN2CC=C(c3c[nH]c4ncccc34)CC2)c(-c2ccncc2)n1. The quantitative estimate of drug-likeness (QED) is 0.596. The summed E-state index contributed by atoms with van der Waals surface area (Å²) in [5.41, 5.74) is 7.05. The van der Waals surface area contributed by atoms with Gasteiger partial charge in [0, 0.05) is 79.7 Å². The first-order valence-electron chi connectivity index (χ1n) is 9.55. The van der Waals surface area contributed by atoms with Crippen LogP contribution in [0.1, 0.15) is 17.5 Å². The van der Waals surface area contributed by atoms with Crippen LogP contribution in [0.15, 0.2) is 61.3 Å². The summed E-state index contributed by atoms with van der Waals surface area (Å²) in [4.78, 5) is 14.3. The van der Waals surface area contributed by atoms with Crippen molar-refractivity contribution in [2.75, 3.05) is 13.1 Å². The van der Waals surface area contributed by atoms with Crippen molar-refractivity contribution in [3.63, 3.8) is 0 Å². The minimum atomic E-state index is 0.894. The van der Waals surface area contributed by atoms with Gasteiger partial charge in [-0.2, -0.15) is 5.10 Å². The van der Waals surface area contributed by atoms with E-state index in [1.165, 1.54) is 22.1 Å². The van der Waals surface area contributed by atoms with Gasteiger partial charge in [-0.05, 0) is 36.3 Å². The fraction of sp³-hybridized carbons (Fsp3) is 0.227. The van der Waals surface area contributed by atoms with Crippen LogP contribution in [0.4, 0.5) is 0 Å². The van der Waals surface area contributed by atoms with Gasteiger partial charge in [0.05, 0.1) is 5.69 Å². The largest absolute Gasteiger partial charge is 0.346 e. The highest BCUT2D eigenvalue weighted by molar-refractivity contribution is 5.90. The first-order valence-corrected chi connectivity index (χ1v) is 9.55. The van der Waals surface area contributed by atoms with Gasteiger partial charge in [0.1, 0.15) is 5.65 Å². The number of aromatic nitrogens is 5. The summed E-state index contributed by atoms with van der Waals surface area (Å²) >= 11 is 0. The highest BCUT2D eigenvalue weighted by Crippen LogP contribution is 2.29. The maximum absolute atomic E-state index is 4.67. The molecule has 0 unspecified atom stereocenters. The molecule has 0 saturated carbocycles. The molecule has 0 bridgehead atoms. The molecular weight excluding hydrogens is 348 g/mol. The predicted molar refractivity (Wildman–Crippen MR) is 110 cm³/mol. The fourth-order valence-electron chi connectivity index (χ4n) is 3.97. The van der Waals surface area contributed by atoms with Gasteiger partial charge >= 0.3 is 0 Å². The minimum absolute atomic E-state index is 0.894. The zero-order valence-corrected chi connectivity index (χ0v) is 15.8. The molecule has 6 nitrogen and oxygen atoms in total. The number of hydrogen-bond donors (Lipinski definition) is 1. The van der Waals surface area contributed by atoms with Crippen LogP contribution in [0.2, 0.25) is 0 Å². The monoisotopic (exact) mass is 370 g/mol. The molecule has 4 aromatic heterocycles. The van der Waals surface area contributed by atoms with E-state index in [1.807, 2.05) is 48.5 Å². The van der Waals surface area contributed by atoms with Crippen molar-refractivity contribution in [1.82, 2.24) is 29.6 Å². The van der Waals surface area contributed by atoms with E-state index in [2.05, 4.69) is 49.5 Å². The predicted octanol–water partition coefficient (Wildman–Crippen LogP) is 3.65. The number of H-pyrrole nitrogens is 1. The lowest BCUT2D eigenvalue weighted by Crippen LogP contribution is -2.28. The normalized spacial score (nSPS) is 15.1. The summed E-state index contributed by atoms with van der Waals surface area (Å²) in [5.74, 6) is 0. The third kappa shape index (κ3) is 3.12. The third-order valence-electron chi connectivity index (χ3n) is 5.34. The molecule has 0 spiro atoms. The molecule has 0 aromatic carbocycles. The Balaban J connectivity index is 1.36. The second-order valence-electron chi connectivity index (χ2n) is 7.23. The molecule has 1 N–H and O–H groups in total. The third-order valence-corrected chi connectivity index (χ3v) is 5.34. The lowest BCUT2D eigenvalue weighted by atomic mass is 9.99. The van der Waals surface area contributed by atoms with Gasteiger partial charge in [-0.3, -0.25) is 14.6 Å². The zero-order chi connectivity index (χ0) is 18.9. The smallest absolute Gasteiger partial charge is 0.137 e. The lowest BCUT2D eigenvalue weighted by Gasteiger charge is -2.26. The van der Waals surface area contributed by atoms with E-state index in [-0.39, 0.29) is 0 Å². The molecule has 0 amide bonds. The number of nitrogens with one attached hydrogen (secondary N) is 1. The van der Waals surface area contributed by atoms with Gasteiger partial charge < -0.3 is 4.98 Å². The van der Waals surface area contributed by atoms with Gasteiger partial charge in [-0.25, -0.2) is 4.98 Å². The van der Waals surface area contributed by atoms with Crippen LogP contribution in [-0.4, -0.2) is 42.7 Å². The lowest BCUT2D eigenvalue weighted by molar-refractivity contribution is 0.294. The molecule has 4 aromatic rings. The average Bonchev–Trinajstić information content (AvgIpc) is 3.33. The number of hydrogen-bond acceptors (Lipinski definition) is 4. The maximum Gasteiger partial charge on any atom is 0.137 e. The van der Waals surface area contributed by atoms with Crippen molar-refractivity contribution in [3.8, 4) is 11.3 Å². The Morgan fingerprint density at radius 1 is 1.14 bits per heavy atom. The highest BCUT2D eigenvalue weighted by atomic mass is 15.3. The molecule has 0 fully saturated rings. The van der Waals surface area contributed by atoms with E-state index in [9.17, 15) is 0 Å². The number of aromatic amines is 1. The molecule has 28 heavy (non-hydrogen) atoms. The van der Waals surface area contributed by atoms with E-state index in [0.717, 1.165) is 43.0 Å². The highest BCUT2D eigenvalue weighted by Gasteiger charge is 2.18. The first-order chi connectivity index (χ1) is 13.8. The van der Waals surface area contributed by atoms with E-state index >= 15 is 0 Å². The summed E-state index contributed by atoms with van der Waals surface area (Å²) in [6.45, 7) is 2.86. The molecule has 0 saturated heterocycles. The Labute approximate surface area is 163 Å². The number of nitrogens with zero attached hydrogens (tertiary/aromatic N) is 5. The molecule has 1 aliphatic rings. The Kier molecular flexibility index (Phi) is 4.25. The van der Waals surface area contributed by atoms with E-state index < -0.39 is 0 Å². The Morgan fingerprint density at radius 3 is 2.86 bits per heavy atom. The van der Waals surface area contributed by atoms with Crippen LogP contribution < -0.4 is 0 Å². The molecule has 140 valence electrons. The fourth-order valence-corrected chi connectivity index (χ4v) is 3.97. The summed E-state index contributed by atoms with van der Waals surface area (Å²) < 4.78 is 1.90. The van der Waals surface area contributed by atoms with Crippen LogP contribution in [0, 0.1) is 0 Å². The minimum Gasteiger partial charge on any atom is -0.346 e. The molecule has 5 rings (SSSR count). The second-order valence-corrected chi connectivity index (χ2v) is 7.23. The van der Waals surface area contributed by atoms with Crippen LogP contribution in [0.5, 0.6) is 0 Å². The molecule has 1 aliphatic heterocycles. The first kappa shape index (κ1) is 16.9. The summed E-state index contributed by atoms with van der Waals surface area (Å²) in [5, 5.41) is 5.88. The average molecular weight is 370 g/mol. The number of pyridine rings is 2. The molecular formula is C22H22N6. The number of aryl methyl sites for hydroxylation is 1. The molecule has 0 atom stereocenters. The summed E-state index contributed by atoms with van der Waals surface area (Å²) in [6, 6.07) is 8.17. The van der Waals surface area contributed by atoms with Gasteiger partial charge in [0.25, 0.3) is 0 Å². The van der Waals surface area contributed by atoms with Crippen LogP contribution in [-0.2, 0) is 13.6 Å². The van der Waals surface area contributed by atoms with Crippen molar-refractivity contribution < 1.29 is 0 Å². The van der Waals surface area contributed by atoms with Gasteiger partial charge in [0.15, 0.2) is 0 Å². The molecule has 0 radical (unpaired) electrons. The Hall–Kier alpha value is -3.25. The topological polar surface area (TPSA) is 62.6 Å². The van der Waals surface area contributed by atoms with Crippen molar-refractivity contribution in [1.29, 1.82) is 0 Å². The van der Waals surface area contributed by atoms with Crippen molar-refractivity contribution in [3.05, 3.63) is 72.5 Å². The van der Waals surface area contributed by atoms with Crippen LogP contribution in [0.3, 0.4) is 0 Å². The molecule has 5 heterocycles. The van der Waals surface area contributed by atoms with Gasteiger partial charge in [0.2, 0.25) is 0 Å². The van der Waals surface area contributed by atoms with E-state index in [4.69, 9.17) is 0 Å². The second kappa shape index (κ2) is 7.05. The summed E-state index contributed by atoms with van der Waals surface area (Å²) in [7, 11) is 1.98. The van der Waals surface area contributed by atoms with Gasteiger partial charge in [-0.15, -0.1) is 0 Å². The van der Waals surface area contributed by atoms with E-state index in [0.29, 0.717) is 0 Å². The van der Waals surface area contributed by atoms with Crippen molar-refractivity contribution in [2.24, 2.45) is 7.05 Å². The van der Waals surface area contributed by atoms with Gasteiger partial charge in [-0.1, -0.05) is 6.08 Å². The van der Waals surface area contributed by atoms with Crippen molar-refractivity contribution >= 4 is 16.6 Å². The van der Waals surface area contributed by atoms with Crippen LogP contribution >= 0.6 is 0 Å². The Morgan fingerprint density at radius 2 is 2.04 bits per heavy atom. The molecule has 0 aliphatic carbocycles. The number of rotatable bonds is 4. The molecule has 6 heteroatoms. The van der Waals surface area contributed by atoms with Crippen LogP contribution in [0.25, 0.3) is 27.9 Å². The zero-order valence-electron chi connectivity index (χ0n) is 15.8. The Bertz CT molecular complexity index is 1140.